The summed E-state index contributed by atoms with van der Waals surface area (Å²) < 4.78 is 0. The van der Waals surface area contributed by atoms with Crippen molar-refractivity contribution in [2.45, 2.75) is 32.6 Å². The first kappa shape index (κ1) is 14.0. The van der Waals surface area contributed by atoms with E-state index in [1.165, 1.54) is 0 Å². The summed E-state index contributed by atoms with van der Waals surface area (Å²) in [5.74, 6) is -0.122. The van der Waals surface area contributed by atoms with E-state index in [1.807, 2.05) is 6.92 Å². The van der Waals surface area contributed by atoms with Crippen LogP contribution in [-0.4, -0.2) is 48.1 Å². The molecule has 1 rings (SSSR count). The lowest BCUT2D eigenvalue weighted by Crippen LogP contribution is -2.41. The molecule has 0 aromatic heterocycles. The molecule has 98 valence electrons. The number of piperidine rings is 1. The minimum atomic E-state index is -0.713. The van der Waals surface area contributed by atoms with Crippen LogP contribution in [-0.2, 0) is 9.59 Å². The summed E-state index contributed by atoms with van der Waals surface area (Å²) in [6.45, 7) is 4.87. The Bertz CT molecular complexity index is 260. The minimum absolute atomic E-state index is 0.0801. The Kier molecular flexibility index (Phi) is 5.97. The minimum Gasteiger partial charge on any atom is -0.481 e. The van der Waals surface area contributed by atoms with Crippen LogP contribution in [0, 0.1) is 5.92 Å². The topological polar surface area (TPSA) is 69.6 Å². The van der Waals surface area contributed by atoms with Gasteiger partial charge in [0.15, 0.2) is 0 Å². The van der Waals surface area contributed by atoms with Gasteiger partial charge < -0.3 is 10.4 Å². The average molecular weight is 242 g/mol. The third kappa shape index (κ3) is 5.68. The molecule has 5 heteroatoms. The van der Waals surface area contributed by atoms with Crippen LogP contribution in [0.15, 0.2) is 0 Å². The van der Waals surface area contributed by atoms with E-state index in [4.69, 9.17) is 5.11 Å². The maximum atomic E-state index is 11.4. The Morgan fingerprint density at radius 2 is 2.00 bits per heavy atom. The van der Waals surface area contributed by atoms with Crippen LogP contribution in [0.5, 0.6) is 0 Å². The Morgan fingerprint density at radius 3 is 2.53 bits per heavy atom. The average Bonchev–Trinajstić information content (AvgIpc) is 2.28. The summed E-state index contributed by atoms with van der Waals surface area (Å²) in [4.78, 5) is 24.0. The zero-order valence-corrected chi connectivity index (χ0v) is 10.4. The Labute approximate surface area is 102 Å². The van der Waals surface area contributed by atoms with Gasteiger partial charge in [-0.05, 0) is 45.2 Å². The van der Waals surface area contributed by atoms with Crippen LogP contribution in [0.2, 0.25) is 0 Å². The maximum absolute atomic E-state index is 11.4. The van der Waals surface area contributed by atoms with E-state index < -0.39 is 5.97 Å². The normalized spacial score (nSPS) is 17.9. The molecule has 5 nitrogen and oxygen atoms in total. The molecule has 0 radical (unpaired) electrons. The molecule has 0 spiro atoms. The van der Waals surface area contributed by atoms with Gasteiger partial charge in [-0.2, -0.15) is 0 Å². The molecule has 0 aromatic rings. The third-order valence-electron chi connectivity index (χ3n) is 3.21. The lowest BCUT2D eigenvalue weighted by atomic mass is 9.92. The molecule has 17 heavy (non-hydrogen) atoms. The van der Waals surface area contributed by atoms with Gasteiger partial charge in [-0.25, -0.2) is 0 Å². The van der Waals surface area contributed by atoms with E-state index >= 15 is 0 Å². The van der Waals surface area contributed by atoms with Crippen molar-refractivity contribution in [1.82, 2.24) is 10.2 Å². The molecule has 0 atom stereocenters. The van der Waals surface area contributed by atoms with Crippen molar-refractivity contribution in [3.63, 3.8) is 0 Å². The van der Waals surface area contributed by atoms with Crippen LogP contribution in [0.3, 0.4) is 0 Å². The van der Waals surface area contributed by atoms with Gasteiger partial charge in [0.25, 0.3) is 0 Å². The highest BCUT2D eigenvalue weighted by Gasteiger charge is 2.20. The van der Waals surface area contributed by atoms with Gasteiger partial charge in [-0.15, -0.1) is 0 Å². The predicted molar refractivity (Wildman–Crippen MR) is 64.7 cm³/mol. The highest BCUT2D eigenvalue weighted by molar-refractivity contribution is 5.77. The summed E-state index contributed by atoms with van der Waals surface area (Å²) in [6.07, 6.45) is 3.05. The number of likely N-dealkylation sites (tertiary alicyclic amines) is 1. The predicted octanol–water partition coefficient (Wildman–Crippen LogP) is 0.699. The lowest BCUT2D eigenvalue weighted by Gasteiger charge is -2.31. The van der Waals surface area contributed by atoms with Gasteiger partial charge in [0.2, 0.25) is 5.91 Å². The third-order valence-corrected chi connectivity index (χ3v) is 3.21. The number of hydrogen-bond donors (Lipinski definition) is 2. The molecular formula is C12H22N2O3. The second kappa shape index (κ2) is 7.27. The van der Waals surface area contributed by atoms with E-state index in [0.717, 1.165) is 32.4 Å². The standard InChI is InChI=1S/C12H22N2O3/c1-2-13-11(15)9-14-7-5-10(6-8-14)3-4-12(16)17/h10H,2-9H2,1H3,(H,13,15)(H,16,17). The zero-order valence-electron chi connectivity index (χ0n) is 10.4. The van der Waals surface area contributed by atoms with Gasteiger partial charge in [0, 0.05) is 13.0 Å². The summed E-state index contributed by atoms with van der Waals surface area (Å²) in [7, 11) is 0. The van der Waals surface area contributed by atoms with Crippen molar-refractivity contribution in [3.05, 3.63) is 0 Å². The number of likely N-dealkylation sites (N-methyl/N-ethyl adjacent to an activating group) is 1. The van der Waals surface area contributed by atoms with Gasteiger partial charge >= 0.3 is 5.97 Å². The van der Waals surface area contributed by atoms with Crippen molar-refractivity contribution in [3.8, 4) is 0 Å². The molecule has 1 heterocycles. The number of nitrogens with zero attached hydrogens (tertiary/aromatic N) is 1. The molecular weight excluding hydrogens is 220 g/mol. The van der Waals surface area contributed by atoms with E-state index in [9.17, 15) is 9.59 Å². The molecule has 0 bridgehead atoms. The second-order valence-electron chi connectivity index (χ2n) is 4.61. The number of carboxylic acids is 1. The quantitative estimate of drug-likeness (QED) is 0.719. The van der Waals surface area contributed by atoms with E-state index in [0.29, 0.717) is 19.0 Å². The number of nitrogens with one attached hydrogen (secondary N) is 1. The van der Waals surface area contributed by atoms with Crippen LogP contribution in [0.25, 0.3) is 0 Å². The first-order valence-electron chi connectivity index (χ1n) is 6.32. The van der Waals surface area contributed by atoms with Crippen molar-refractivity contribution < 1.29 is 14.7 Å². The molecule has 1 aliphatic rings. The monoisotopic (exact) mass is 242 g/mol. The van der Waals surface area contributed by atoms with E-state index in [2.05, 4.69) is 10.2 Å². The second-order valence-corrected chi connectivity index (χ2v) is 4.61. The first-order chi connectivity index (χ1) is 8.11. The van der Waals surface area contributed by atoms with Gasteiger partial charge in [0.1, 0.15) is 0 Å². The molecule has 0 aromatic carbocycles. The van der Waals surface area contributed by atoms with Crippen LogP contribution < -0.4 is 5.32 Å². The van der Waals surface area contributed by atoms with Crippen molar-refractivity contribution >= 4 is 11.9 Å². The molecule has 0 unspecified atom stereocenters. The smallest absolute Gasteiger partial charge is 0.303 e. The summed E-state index contributed by atoms with van der Waals surface area (Å²) in [6, 6.07) is 0. The summed E-state index contributed by atoms with van der Waals surface area (Å²) >= 11 is 0. The van der Waals surface area contributed by atoms with Crippen LogP contribution in [0.1, 0.15) is 32.6 Å². The Morgan fingerprint density at radius 1 is 1.35 bits per heavy atom. The summed E-state index contributed by atoms with van der Waals surface area (Å²) in [5.41, 5.74) is 0. The molecule has 0 saturated carbocycles. The molecule has 1 amide bonds. The zero-order chi connectivity index (χ0) is 12.7. The SMILES string of the molecule is CCNC(=O)CN1CCC(CCC(=O)O)CC1. The lowest BCUT2D eigenvalue weighted by molar-refractivity contribution is -0.137. The fourth-order valence-electron chi connectivity index (χ4n) is 2.22. The molecule has 0 aliphatic carbocycles. The Hall–Kier alpha value is -1.10. The molecule has 1 fully saturated rings. The largest absolute Gasteiger partial charge is 0.481 e. The number of amides is 1. The van der Waals surface area contributed by atoms with Crippen molar-refractivity contribution in [2.75, 3.05) is 26.2 Å². The number of carboxylic acid groups (broad SMARTS) is 1. The molecule has 2 N–H and O–H groups in total. The molecule has 1 aliphatic heterocycles. The van der Waals surface area contributed by atoms with Crippen molar-refractivity contribution in [1.29, 1.82) is 0 Å². The van der Waals surface area contributed by atoms with Gasteiger partial charge in [-0.1, -0.05) is 0 Å². The van der Waals surface area contributed by atoms with E-state index in [1.54, 1.807) is 0 Å². The van der Waals surface area contributed by atoms with Crippen LogP contribution >= 0.6 is 0 Å². The number of aliphatic carboxylic acids is 1. The van der Waals surface area contributed by atoms with Gasteiger partial charge in [-0.3, -0.25) is 14.5 Å². The number of carbonyl (C=O) groups excluding carboxylic acids is 1. The van der Waals surface area contributed by atoms with Crippen molar-refractivity contribution in [2.24, 2.45) is 5.92 Å². The highest BCUT2D eigenvalue weighted by Crippen LogP contribution is 2.21. The summed E-state index contributed by atoms with van der Waals surface area (Å²) in [5, 5.41) is 11.4. The maximum Gasteiger partial charge on any atom is 0.303 e. The number of rotatable bonds is 6. The number of hydrogen-bond acceptors (Lipinski definition) is 3. The van der Waals surface area contributed by atoms with E-state index in [-0.39, 0.29) is 12.3 Å². The first-order valence-corrected chi connectivity index (χ1v) is 6.32. The Balaban J connectivity index is 2.17. The fourth-order valence-corrected chi connectivity index (χ4v) is 2.22. The van der Waals surface area contributed by atoms with Gasteiger partial charge in [0.05, 0.1) is 6.54 Å². The number of carbonyl (C=O) groups is 2. The molecule has 1 saturated heterocycles. The highest BCUT2D eigenvalue weighted by atomic mass is 16.4. The fraction of sp³-hybridized carbons (Fsp3) is 0.833. The van der Waals surface area contributed by atoms with Crippen LogP contribution in [0.4, 0.5) is 0 Å².